The SMILES string of the molecule is CC(C)(C)c1cc(CCl)c(C(C)(C)C)cc1Br. The lowest BCUT2D eigenvalue weighted by Gasteiger charge is -2.27. The van der Waals surface area contributed by atoms with Crippen LogP contribution >= 0.6 is 27.5 Å². The normalized spacial score (nSPS) is 12.9. The molecule has 0 nitrogen and oxygen atoms in total. The Balaban J connectivity index is 3.46. The summed E-state index contributed by atoms with van der Waals surface area (Å²) in [7, 11) is 0. The summed E-state index contributed by atoms with van der Waals surface area (Å²) in [5, 5.41) is 0. The van der Waals surface area contributed by atoms with Gasteiger partial charge < -0.3 is 0 Å². The van der Waals surface area contributed by atoms with Gasteiger partial charge in [0, 0.05) is 10.4 Å². The van der Waals surface area contributed by atoms with Gasteiger partial charge in [0.1, 0.15) is 0 Å². The van der Waals surface area contributed by atoms with Crippen LogP contribution < -0.4 is 0 Å². The molecule has 0 aliphatic heterocycles. The fourth-order valence-corrected chi connectivity index (χ4v) is 3.16. The van der Waals surface area contributed by atoms with Gasteiger partial charge in [0.15, 0.2) is 0 Å². The van der Waals surface area contributed by atoms with Crippen molar-refractivity contribution in [2.45, 2.75) is 58.3 Å². The van der Waals surface area contributed by atoms with Crippen LogP contribution in [-0.2, 0) is 16.7 Å². The van der Waals surface area contributed by atoms with Gasteiger partial charge in [0.25, 0.3) is 0 Å². The van der Waals surface area contributed by atoms with Crippen molar-refractivity contribution in [3.63, 3.8) is 0 Å². The highest BCUT2D eigenvalue weighted by molar-refractivity contribution is 9.10. The van der Waals surface area contributed by atoms with E-state index < -0.39 is 0 Å². The number of rotatable bonds is 1. The van der Waals surface area contributed by atoms with Crippen molar-refractivity contribution in [1.82, 2.24) is 0 Å². The zero-order valence-electron chi connectivity index (χ0n) is 11.6. The lowest BCUT2D eigenvalue weighted by Crippen LogP contribution is -2.18. The maximum absolute atomic E-state index is 6.10. The maximum atomic E-state index is 6.10. The Bertz CT molecular complexity index is 408. The molecule has 96 valence electrons. The van der Waals surface area contributed by atoms with Gasteiger partial charge in [0.05, 0.1) is 0 Å². The number of alkyl halides is 1. The van der Waals surface area contributed by atoms with E-state index in [2.05, 4.69) is 69.6 Å². The van der Waals surface area contributed by atoms with Crippen molar-refractivity contribution >= 4 is 27.5 Å². The van der Waals surface area contributed by atoms with E-state index in [1.165, 1.54) is 21.2 Å². The summed E-state index contributed by atoms with van der Waals surface area (Å²) in [6.07, 6.45) is 0. The van der Waals surface area contributed by atoms with E-state index in [9.17, 15) is 0 Å². The minimum Gasteiger partial charge on any atom is -0.122 e. The first-order chi connectivity index (χ1) is 7.57. The second kappa shape index (κ2) is 4.93. The van der Waals surface area contributed by atoms with Gasteiger partial charge >= 0.3 is 0 Å². The molecule has 0 saturated heterocycles. The fourth-order valence-electron chi connectivity index (χ4n) is 2.00. The van der Waals surface area contributed by atoms with E-state index in [-0.39, 0.29) is 10.8 Å². The molecule has 2 heteroatoms. The van der Waals surface area contributed by atoms with Crippen LogP contribution in [0.2, 0.25) is 0 Å². The van der Waals surface area contributed by atoms with E-state index in [4.69, 9.17) is 11.6 Å². The van der Waals surface area contributed by atoms with Gasteiger partial charge in [-0.2, -0.15) is 0 Å². The summed E-state index contributed by atoms with van der Waals surface area (Å²) in [5.74, 6) is 0.572. The van der Waals surface area contributed by atoms with Crippen molar-refractivity contribution in [2.24, 2.45) is 0 Å². The smallest absolute Gasteiger partial charge is 0.0477 e. The number of benzene rings is 1. The number of hydrogen-bond donors (Lipinski definition) is 0. The van der Waals surface area contributed by atoms with E-state index in [0.717, 1.165) is 0 Å². The molecule has 0 aliphatic rings. The van der Waals surface area contributed by atoms with Gasteiger partial charge in [0.2, 0.25) is 0 Å². The third kappa shape index (κ3) is 3.48. The molecule has 0 aromatic heterocycles. The average molecular weight is 318 g/mol. The summed E-state index contributed by atoms with van der Waals surface area (Å²) in [4.78, 5) is 0. The molecule has 0 atom stereocenters. The molecule has 0 fully saturated rings. The van der Waals surface area contributed by atoms with Crippen LogP contribution in [0.4, 0.5) is 0 Å². The Morgan fingerprint density at radius 1 is 0.941 bits per heavy atom. The van der Waals surface area contributed by atoms with E-state index >= 15 is 0 Å². The Hall–Kier alpha value is -0.0100. The first kappa shape index (κ1) is 15.0. The summed E-state index contributed by atoms with van der Waals surface area (Å²) < 4.78 is 1.18. The third-order valence-corrected chi connectivity index (χ3v) is 3.90. The van der Waals surface area contributed by atoms with Crippen LogP contribution in [0.5, 0.6) is 0 Å². The predicted molar refractivity (Wildman–Crippen MR) is 81.1 cm³/mol. The van der Waals surface area contributed by atoms with Gasteiger partial charge in [-0.3, -0.25) is 0 Å². The molecule has 1 aromatic rings. The first-order valence-electron chi connectivity index (χ1n) is 5.96. The second-order valence-electron chi connectivity index (χ2n) is 6.62. The quantitative estimate of drug-likeness (QED) is 0.576. The summed E-state index contributed by atoms with van der Waals surface area (Å²) in [5.41, 5.74) is 4.15. The number of halogens is 2. The molecule has 1 rings (SSSR count). The largest absolute Gasteiger partial charge is 0.122 e. The maximum Gasteiger partial charge on any atom is 0.0477 e. The van der Waals surface area contributed by atoms with E-state index in [0.29, 0.717) is 5.88 Å². The van der Waals surface area contributed by atoms with Gasteiger partial charge in [-0.05, 0) is 33.6 Å². The molecular weight excluding hydrogens is 296 g/mol. The van der Waals surface area contributed by atoms with Crippen molar-refractivity contribution in [3.8, 4) is 0 Å². The fraction of sp³-hybridized carbons (Fsp3) is 0.600. The Labute approximate surface area is 119 Å². The molecule has 1 aromatic carbocycles. The lowest BCUT2D eigenvalue weighted by atomic mass is 9.80. The van der Waals surface area contributed by atoms with Crippen LogP contribution in [-0.4, -0.2) is 0 Å². The number of hydrogen-bond acceptors (Lipinski definition) is 0. The molecule has 0 N–H and O–H groups in total. The molecule has 0 amide bonds. The topological polar surface area (TPSA) is 0 Å². The molecule has 0 heterocycles. The van der Waals surface area contributed by atoms with E-state index in [1.54, 1.807) is 0 Å². The standard InChI is InChI=1S/C15H22BrCl/c1-14(2,3)11-8-13(16)12(15(4,5)6)7-10(11)9-17/h7-8H,9H2,1-6H3. The zero-order chi connectivity index (χ0) is 13.4. The second-order valence-corrected chi connectivity index (χ2v) is 7.74. The van der Waals surface area contributed by atoms with Gasteiger partial charge in [-0.25, -0.2) is 0 Å². The van der Waals surface area contributed by atoms with Crippen LogP contribution in [0.15, 0.2) is 16.6 Å². The van der Waals surface area contributed by atoms with Crippen LogP contribution in [0.3, 0.4) is 0 Å². The molecule has 0 aliphatic carbocycles. The highest BCUT2D eigenvalue weighted by atomic mass is 79.9. The molecule has 0 radical (unpaired) electrons. The highest BCUT2D eigenvalue weighted by Gasteiger charge is 2.23. The first-order valence-corrected chi connectivity index (χ1v) is 7.29. The average Bonchev–Trinajstić information content (AvgIpc) is 2.14. The molecule has 17 heavy (non-hydrogen) atoms. The van der Waals surface area contributed by atoms with Crippen LogP contribution in [0, 0.1) is 0 Å². The molecular formula is C15H22BrCl. The third-order valence-electron chi connectivity index (χ3n) is 2.95. The van der Waals surface area contributed by atoms with Crippen molar-refractivity contribution in [2.75, 3.05) is 0 Å². The lowest BCUT2D eigenvalue weighted by molar-refractivity contribution is 0.570. The predicted octanol–water partition coefficient (Wildman–Crippen LogP) is 5.78. The highest BCUT2D eigenvalue weighted by Crippen LogP contribution is 2.36. The Morgan fingerprint density at radius 2 is 1.41 bits per heavy atom. The summed E-state index contributed by atoms with van der Waals surface area (Å²) >= 11 is 9.79. The Morgan fingerprint density at radius 3 is 1.76 bits per heavy atom. The summed E-state index contributed by atoms with van der Waals surface area (Å²) in [6.45, 7) is 13.3. The Kier molecular flexibility index (Phi) is 4.37. The molecule has 0 unspecified atom stereocenters. The monoisotopic (exact) mass is 316 g/mol. The minimum atomic E-state index is 0.128. The van der Waals surface area contributed by atoms with Gasteiger partial charge in [-0.1, -0.05) is 63.5 Å². The van der Waals surface area contributed by atoms with Crippen molar-refractivity contribution < 1.29 is 0 Å². The minimum absolute atomic E-state index is 0.128. The molecule has 0 spiro atoms. The summed E-state index contributed by atoms with van der Waals surface area (Å²) in [6, 6.07) is 4.48. The van der Waals surface area contributed by atoms with Crippen LogP contribution in [0.1, 0.15) is 58.2 Å². The van der Waals surface area contributed by atoms with E-state index in [1.807, 2.05) is 0 Å². The molecule has 0 saturated carbocycles. The molecule has 0 bridgehead atoms. The zero-order valence-corrected chi connectivity index (χ0v) is 14.0. The van der Waals surface area contributed by atoms with Crippen molar-refractivity contribution in [3.05, 3.63) is 33.3 Å². The van der Waals surface area contributed by atoms with Gasteiger partial charge in [-0.15, -0.1) is 11.6 Å². The van der Waals surface area contributed by atoms with Crippen molar-refractivity contribution in [1.29, 1.82) is 0 Å². The van der Waals surface area contributed by atoms with Crippen LogP contribution in [0.25, 0.3) is 0 Å².